The Hall–Kier alpha value is -3.27. The molecule has 2 N–H and O–H groups in total. The van der Waals surface area contributed by atoms with Gasteiger partial charge in [-0.3, -0.25) is 10.1 Å². The number of thiocarbonyl (C=S) groups is 1. The Kier molecular flexibility index (Phi) is 9.58. The smallest absolute Gasteiger partial charge is 0.257 e. The van der Waals surface area contributed by atoms with Gasteiger partial charge in [0.15, 0.2) is 5.11 Å². The SMILES string of the molecule is CC(C)CCOc1ccc(C(=O)NC(=S)Nc2ccc(S(=O)(=O)N(C)Cc3ccccc3)cc2)cc1. The summed E-state index contributed by atoms with van der Waals surface area (Å²) in [7, 11) is -2.11. The molecule has 0 atom stereocenters. The average Bonchev–Trinajstić information content (AvgIpc) is 2.85. The second-order valence-electron chi connectivity index (χ2n) is 8.73. The van der Waals surface area contributed by atoms with E-state index in [9.17, 15) is 13.2 Å². The number of hydrogen-bond acceptors (Lipinski definition) is 5. The number of hydrogen-bond donors (Lipinski definition) is 2. The number of sulfonamides is 1. The minimum Gasteiger partial charge on any atom is -0.494 e. The van der Waals surface area contributed by atoms with Crippen molar-refractivity contribution in [2.24, 2.45) is 5.92 Å². The minimum absolute atomic E-state index is 0.106. The van der Waals surface area contributed by atoms with Gasteiger partial charge in [0.05, 0.1) is 11.5 Å². The molecule has 0 aliphatic heterocycles. The summed E-state index contributed by atoms with van der Waals surface area (Å²) in [5, 5.41) is 5.64. The maximum absolute atomic E-state index is 12.9. The van der Waals surface area contributed by atoms with Gasteiger partial charge in [-0.25, -0.2) is 8.42 Å². The van der Waals surface area contributed by atoms with Crippen molar-refractivity contribution < 1.29 is 17.9 Å². The van der Waals surface area contributed by atoms with Crippen LogP contribution >= 0.6 is 12.2 Å². The Morgan fingerprint density at radius 2 is 1.61 bits per heavy atom. The molecule has 3 rings (SSSR count). The lowest BCUT2D eigenvalue weighted by atomic mass is 10.1. The standard InChI is InChI=1S/C27H31N3O4S2/c1-20(2)17-18-34-24-13-9-22(10-14-24)26(31)29-27(35)28-23-11-15-25(16-12-23)36(32,33)30(3)19-21-7-5-4-6-8-21/h4-16,20H,17-19H2,1-3H3,(H2,28,29,31,35). The first-order valence-electron chi connectivity index (χ1n) is 11.6. The molecule has 0 bridgehead atoms. The first kappa shape index (κ1) is 27.3. The van der Waals surface area contributed by atoms with Crippen molar-refractivity contribution in [2.45, 2.75) is 31.7 Å². The monoisotopic (exact) mass is 525 g/mol. The van der Waals surface area contributed by atoms with E-state index in [2.05, 4.69) is 24.5 Å². The number of amides is 1. The zero-order valence-electron chi connectivity index (χ0n) is 20.6. The van der Waals surface area contributed by atoms with Crippen LogP contribution in [0.3, 0.4) is 0 Å². The Balaban J connectivity index is 1.53. The van der Waals surface area contributed by atoms with E-state index < -0.39 is 10.0 Å². The van der Waals surface area contributed by atoms with Crippen LogP contribution in [-0.4, -0.2) is 37.4 Å². The summed E-state index contributed by atoms with van der Waals surface area (Å²) < 4.78 is 32.8. The van der Waals surface area contributed by atoms with Crippen molar-refractivity contribution in [3.63, 3.8) is 0 Å². The third kappa shape index (κ3) is 7.87. The zero-order chi connectivity index (χ0) is 26.1. The Morgan fingerprint density at radius 3 is 2.22 bits per heavy atom. The van der Waals surface area contributed by atoms with Gasteiger partial charge in [-0.2, -0.15) is 4.31 Å². The van der Waals surface area contributed by atoms with Crippen LogP contribution in [0.1, 0.15) is 36.2 Å². The highest BCUT2D eigenvalue weighted by atomic mass is 32.2. The molecule has 0 aliphatic rings. The van der Waals surface area contributed by atoms with E-state index >= 15 is 0 Å². The van der Waals surface area contributed by atoms with Gasteiger partial charge in [0.25, 0.3) is 5.91 Å². The highest BCUT2D eigenvalue weighted by Crippen LogP contribution is 2.19. The maximum Gasteiger partial charge on any atom is 0.257 e. The lowest BCUT2D eigenvalue weighted by Gasteiger charge is -2.17. The molecule has 3 aromatic rings. The van der Waals surface area contributed by atoms with Gasteiger partial charge in [0.2, 0.25) is 10.0 Å². The number of nitrogens with zero attached hydrogens (tertiary/aromatic N) is 1. The molecule has 36 heavy (non-hydrogen) atoms. The van der Waals surface area contributed by atoms with Crippen LogP contribution in [-0.2, 0) is 16.6 Å². The maximum atomic E-state index is 12.9. The number of carbonyl (C=O) groups is 1. The lowest BCUT2D eigenvalue weighted by Crippen LogP contribution is -2.34. The van der Waals surface area contributed by atoms with Crippen molar-refractivity contribution in [3.05, 3.63) is 90.0 Å². The quantitative estimate of drug-likeness (QED) is 0.360. The van der Waals surface area contributed by atoms with E-state index in [-0.39, 0.29) is 22.5 Å². The molecule has 3 aromatic carbocycles. The van der Waals surface area contributed by atoms with Crippen LogP contribution < -0.4 is 15.4 Å². The van der Waals surface area contributed by atoms with Gasteiger partial charge in [-0.1, -0.05) is 44.2 Å². The summed E-state index contributed by atoms with van der Waals surface area (Å²) in [4.78, 5) is 12.7. The molecule has 7 nitrogen and oxygen atoms in total. The second-order valence-corrected chi connectivity index (χ2v) is 11.2. The van der Waals surface area contributed by atoms with E-state index in [1.807, 2.05) is 30.3 Å². The highest BCUT2D eigenvalue weighted by Gasteiger charge is 2.21. The van der Waals surface area contributed by atoms with Crippen LogP contribution in [0.25, 0.3) is 0 Å². The van der Waals surface area contributed by atoms with Gasteiger partial charge >= 0.3 is 0 Å². The number of anilines is 1. The molecule has 0 heterocycles. The topological polar surface area (TPSA) is 87.7 Å². The molecule has 0 fully saturated rings. The van der Waals surface area contributed by atoms with E-state index in [1.54, 1.807) is 43.4 Å². The van der Waals surface area contributed by atoms with Crippen molar-refractivity contribution in [1.29, 1.82) is 0 Å². The second kappa shape index (κ2) is 12.6. The number of benzene rings is 3. The predicted octanol–water partition coefficient (Wildman–Crippen LogP) is 5.06. The lowest BCUT2D eigenvalue weighted by molar-refractivity contribution is 0.0977. The Labute approximate surface area is 218 Å². The normalized spacial score (nSPS) is 11.4. The number of nitrogens with one attached hydrogen (secondary N) is 2. The van der Waals surface area contributed by atoms with Crippen molar-refractivity contribution in [2.75, 3.05) is 19.0 Å². The van der Waals surface area contributed by atoms with Crippen LogP contribution in [0.4, 0.5) is 5.69 Å². The molecule has 0 radical (unpaired) electrons. The fraction of sp³-hybridized carbons (Fsp3) is 0.259. The largest absolute Gasteiger partial charge is 0.494 e. The third-order valence-electron chi connectivity index (χ3n) is 5.38. The number of rotatable bonds is 10. The highest BCUT2D eigenvalue weighted by molar-refractivity contribution is 7.89. The molecule has 1 amide bonds. The van der Waals surface area contributed by atoms with Gasteiger partial charge in [0, 0.05) is 24.8 Å². The fourth-order valence-corrected chi connectivity index (χ4v) is 4.64. The summed E-state index contributed by atoms with van der Waals surface area (Å²) in [6, 6.07) is 22.4. The van der Waals surface area contributed by atoms with Crippen molar-refractivity contribution >= 4 is 38.9 Å². The third-order valence-corrected chi connectivity index (χ3v) is 7.40. The summed E-state index contributed by atoms with van der Waals surface area (Å²) in [5.74, 6) is 0.908. The molecular formula is C27H31N3O4S2. The zero-order valence-corrected chi connectivity index (χ0v) is 22.2. The molecule has 190 valence electrons. The van der Waals surface area contributed by atoms with E-state index in [0.29, 0.717) is 29.5 Å². The molecule has 9 heteroatoms. The summed E-state index contributed by atoms with van der Waals surface area (Å²) in [5.41, 5.74) is 1.90. The van der Waals surface area contributed by atoms with Crippen LogP contribution in [0.5, 0.6) is 5.75 Å². The van der Waals surface area contributed by atoms with Gasteiger partial charge in [-0.05, 0) is 78.7 Å². The van der Waals surface area contributed by atoms with Crippen LogP contribution in [0.2, 0.25) is 0 Å². The molecule has 0 unspecified atom stereocenters. The van der Waals surface area contributed by atoms with Gasteiger partial charge < -0.3 is 10.1 Å². The number of ether oxygens (including phenoxy) is 1. The summed E-state index contributed by atoms with van der Waals surface area (Å²) >= 11 is 5.25. The summed E-state index contributed by atoms with van der Waals surface area (Å²) in [6.07, 6.45) is 0.958. The van der Waals surface area contributed by atoms with Crippen LogP contribution in [0.15, 0.2) is 83.8 Å². The van der Waals surface area contributed by atoms with Crippen molar-refractivity contribution in [3.8, 4) is 5.75 Å². The van der Waals surface area contributed by atoms with Crippen LogP contribution in [0, 0.1) is 5.92 Å². The molecular weight excluding hydrogens is 494 g/mol. The van der Waals surface area contributed by atoms with E-state index in [1.165, 1.54) is 16.4 Å². The molecule has 0 aromatic heterocycles. The minimum atomic E-state index is -3.66. The molecule has 0 saturated carbocycles. The van der Waals surface area contributed by atoms with Gasteiger partial charge in [0.1, 0.15) is 5.75 Å². The van der Waals surface area contributed by atoms with Crippen molar-refractivity contribution in [1.82, 2.24) is 9.62 Å². The Morgan fingerprint density at radius 1 is 0.972 bits per heavy atom. The molecule has 0 spiro atoms. The Bertz CT molecular complexity index is 1260. The molecule has 0 saturated heterocycles. The fourth-order valence-electron chi connectivity index (χ4n) is 3.27. The predicted molar refractivity (Wildman–Crippen MR) is 147 cm³/mol. The summed E-state index contributed by atoms with van der Waals surface area (Å²) in [6.45, 7) is 5.16. The van der Waals surface area contributed by atoms with E-state index in [0.717, 1.165) is 12.0 Å². The van der Waals surface area contributed by atoms with Gasteiger partial charge in [-0.15, -0.1) is 0 Å². The average molecular weight is 526 g/mol. The molecule has 0 aliphatic carbocycles. The number of carbonyl (C=O) groups excluding carboxylic acids is 1. The van der Waals surface area contributed by atoms with E-state index in [4.69, 9.17) is 17.0 Å². The first-order valence-corrected chi connectivity index (χ1v) is 13.5. The first-order chi connectivity index (χ1) is 17.1.